The normalized spacial score (nSPS) is 56.5. The number of aliphatic hydroxyl groups excluding tert-OH is 13. The second-order valence-corrected chi connectivity index (χ2v) is 21.6. The van der Waals surface area contributed by atoms with Crippen LogP contribution in [0.3, 0.4) is 0 Å². The van der Waals surface area contributed by atoms with Crippen LogP contribution < -0.4 is 0 Å². The van der Waals surface area contributed by atoms with Crippen molar-refractivity contribution in [2.24, 2.45) is 52.3 Å². The maximum Gasteiger partial charge on any atom is 0.187 e. The Hall–Kier alpha value is -0.840. The summed E-state index contributed by atoms with van der Waals surface area (Å²) in [6.45, 7) is 6.44. The van der Waals surface area contributed by atoms with Gasteiger partial charge < -0.3 is 105 Å². The van der Waals surface area contributed by atoms with Crippen LogP contribution in [-0.4, -0.2) is 220 Å². The minimum absolute atomic E-state index is 0.0430. The molecular weight excluding hydrogens is 876 g/mol. The van der Waals surface area contributed by atoms with E-state index in [1.807, 2.05) is 13.8 Å². The van der Waals surface area contributed by atoms with E-state index in [-0.39, 0.29) is 59.6 Å². The summed E-state index contributed by atoms with van der Waals surface area (Å²) in [5.74, 6) is -1.24. The van der Waals surface area contributed by atoms with Crippen LogP contribution in [0.4, 0.5) is 0 Å². The van der Waals surface area contributed by atoms with E-state index in [0.717, 1.165) is 25.7 Å². The van der Waals surface area contributed by atoms with Crippen molar-refractivity contribution in [1.29, 1.82) is 0 Å². The summed E-state index contributed by atoms with van der Waals surface area (Å²) in [7, 11) is 0. The Balaban J connectivity index is 0.902. The minimum atomic E-state index is -1.85. The van der Waals surface area contributed by atoms with Gasteiger partial charge in [-0.25, -0.2) is 0 Å². The second kappa shape index (κ2) is 19.6. The van der Waals surface area contributed by atoms with Gasteiger partial charge in [-0.1, -0.05) is 27.7 Å². The lowest BCUT2D eigenvalue weighted by molar-refractivity contribution is -0.378. The van der Waals surface area contributed by atoms with Crippen LogP contribution in [0.2, 0.25) is 0 Å². The van der Waals surface area contributed by atoms with Crippen molar-refractivity contribution >= 4 is 0 Å². The first-order chi connectivity index (χ1) is 31.1. The summed E-state index contributed by atoms with van der Waals surface area (Å²) in [5.41, 5.74) is -0.880. The number of ether oxygens (including phenoxy) is 7. The summed E-state index contributed by atoms with van der Waals surface area (Å²) in [6.07, 6.45) is -22.1. The van der Waals surface area contributed by atoms with Crippen molar-refractivity contribution in [3.05, 3.63) is 0 Å². The van der Waals surface area contributed by atoms with Crippen molar-refractivity contribution in [2.75, 3.05) is 26.4 Å². The predicted octanol–water partition coefficient (Wildman–Crippen LogP) is -3.84. The molecule has 0 spiro atoms. The quantitative estimate of drug-likeness (QED) is 0.0786. The third-order valence-corrected chi connectivity index (χ3v) is 18.2. The van der Waals surface area contributed by atoms with Crippen molar-refractivity contribution < 1.29 is 105 Å². The Bertz CT molecular complexity index is 1630. The maximum absolute atomic E-state index is 12.2. The van der Waals surface area contributed by atoms with E-state index in [1.54, 1.807) is 0 Å². The molecule has 4 heterocycles. The van der Waals surface area contributed by atoms with E-state index >= 15 is 0 Å². The van der Waals surface area contributed by atoms with Crippen molar-refractivity contribution in [3.63, 3.8) is 0 Å². The molecule has 21 nitrogen and oxygen atoms in total. The van der Waals surface area contributed by atoms with Crippen LogP contribution in [0, 0.1) is 52.3 Å². The molecule has 0 aromatic heterocycles. The Morgan fingerprint density at radius 2 is 1.21 bits per heavy atom. The van der Waals surface area contributed by atoms with Gasteiger partial charge in [0.1, 0.15) is 79.4 Å². The zero-order valence-corrected chi connectivity index (χ0v) is 38.1. The van der Waals surface area contributed by atoms with Crippen LogP contribution in [0.1, 0.15) is 79.1 Å². The molecule has 8 aliphatic rings. The molecule has 0 radical (unpaired) electrons. The Kier molecular flexibility index (Phi) is 15.3. The van der Waals surface area contributed by atoms with Gasteiger partial charge in [-0.05, 0) is 85.9 Å². The lowest BCUT2D eigenvalue weighted by atomic mass is 9.43. The number of aliphatic hydroxyl groups is 14. The lowest BCUT2D eigenvalue weighted by Gasteiger charge is -2.63. The van der Waals surface area contributed by atoms with Gasteiger partial charge in [0.25, 0.3) is 0 Å². The molecule has 0 amide bonds. The van der Waals surface area contributed by atoms with Gasteiger partial charge in [-0.3, -0.25) is 0 Å². The Morgan fingerprint density at radius 3 is 1.83 bits per heavy atom. The molecule has 4 aliphatic carbocycles. The molecule has 4 saturated heterocycles. The topological polar surface area (TPSA) is 348 Å². The van der Waals surface area contributed by atoms with E-state index in [4.69, 9.17) is 33.2 Å². The lowest BCUT2D eigenvalue weighted by Crippen LogP contribution is -2.67. The summed E-state index contributed by atoms with van der Waals surface area (Å²) >= 11 is 0. The summed E-state index contributed by atoms with van der Waals surface area (Å²) in [6, 6.07) is 0. The highest BCUT2D eigenvalue weighted by atomic mass is 16.8. The van der Waals surface area contributed by atoms with Crippen LogP contribution in [0.25, 0.3) is 0 Å². The largest absolute Gasteiger partial charge is 0.394 e. The highest BCUT2D eigenvalue weighted by Crippen LogP contribution is 2.71. The van der Waals surface area contributed by atoms with Gasteiger partial charge in [-0.15, -0.1) is 0 Å². The number of hydrogen-bond acceptors (Lipinski definition) is 21. The average Bonchev–Trinajstić information content (AvgIpc) is 3.74. The van der Waals surface area contributed by atoms with Gasteiger partial charge in [0.15, 0.2) is 24.7 Å². The second-order valence-electron chi connectivity index (χ2n) is 21.6. The van der Waals surface area contributed by atoms with Gasteiger partial charge in [0, 0.05) is 17.8 Å². The zero-order chi connectivity index (χ0) is 47.9. The van der Waals surface area contributed by atoms with Crippen molar-refractivity contribution in [2.45, 2.75) is 201 Å². The van der Waals surface area contributed by atoms with Crippen molar-refractivity contribution in [3.8, 4) is 0 Å². The van der Waals surface area contributed by atoms with Gasteiger partial charge >= 0.3 is 0 Å². The van der Waals surface area contributed by atoms with Crippen LogP contribution in [0.15, 0.2) is 0 Å². The van der Waals surface area contributed by atoms with E-state index < -0.39 is 141 Å². The van der Waals surface area contributed by atoms with E-state index in [2.05, 4.69) is 13.8 Å². The first-order valence-corrected chi connectivity index (χ1v) is 24.1. The first kappa shape index (κ1) is 51.5. The molecule has 0 aromatic rings. The van der Waals surface area contributed by atoms with Crippen LogP contribution in [-0.2, 0) is 33.2 Å². The molecule has 8 fully saturated rings. The number of rotatable bonds is 13. The summed E-state index contributed by atoms with van der Waals surface area (Å²) < 4.78 is 41.4. The molecule has 4 saturated carbocycles. The number of fused-ring (bicyclic) bond motifs is 7. The highest BCUT2D eigenvalue weighted by Gasteiger charge is 2.70. The molecular formula is C45H76O21. The molecule has 66 heavy (non-hydrogen) atoms. The molecule has 0 aromatic carbocycles. The summed E-state index contributed by atoms with van der Waals surface area (Å²) in [4.78, 5) is 0. The standard InChI is InChI=1S/C45H76O21/c1-17(16-60-40-36(56)33(53)29(49)25(13-46)62-40)7-10-45(59)18(2)28-23(66-45)12-22-20-6-5-19-11-24(32(52)39(58)44(19,4)21(20)8-9-43(22,28)3)61-42-38(35(55)31(51)27(15-48)64-42)65-41-37(57)34(54)30(50)26(14-47)63-41/h17-42,46-59H,5-16H2,1-4H3/t17-,18+,19-,20-,21+,22+,23+,24-,25-,26-,27-,28+,29-,30-,31+,32-,33+,34+,35+,36-,37-,38-,39+,40-,41+,42-,43+,44+,45-/m1/s1. The van der Waals surface area contributed by atoms with Crippen LogP contribution >= 0.6 is 0 Å². The molecule has 382 valence electrons. The average molecular weight is 953 g/mol. The monoisotopic (exact) mass is 952 g/mol. The fourth-order valence-electron chi connectivity index (χ4n) is 14.2. The predicted molar refractivity (Wildman–Crippen MR) is 222 cm³/mol. The third-order valence-electron chi connectivity index (χ3n) is 18.2. The molecule has 0 unspecified atom stereocenters. The first-order valence-electron chi connectivity index (χ1n) is 24.1. The zero-order valence-electron chi connectivity index (χ0n) is 38.1. The molecule has 4 aliphatic heterocycles. The van der Waals surface area contributed by atoms with Crippen molar-refractivity contribution in [1.82, 2.24) is 0 Å². The fourth-order valence-corrected chi connectivity index (χ4v) is 14.2. The van der Waals surface area contributed by atoms with Crippen LogP contribution in [0.5, 0.6) is 0 Å². The van der Waals surface area contributed by atoms with E-state index in [0.29, 0.717) is 25.7 Å². The maximum atomic E-state index is 12.2. The molecule has 21 heteroatoms. The number of hydrogen-bond donors (Lipinski definition) is 14. The molecule has 29 atom stereocenters. The fraction of sp³-hybridized carbons (Fsp3) is 1.00. The highest BCUT2D eigenvalue weighted by molar-refractivity contribution is 5.17. The molecule has 8 rings (SSSR count). The smallest absolute Gasteiger partial charge is 0.187 e. The SMILES string of the molecule is C[C@H](CC[C@@]1(O)O[C@H]2C[C@H]3[C@@H]4CC[C@@H]5C[C@@H](O[C@@H]6O[C@H](CO)[C@H](O)[C@H](O)[C@H]6O[C@@H]6O[C@H](CO)[C@@H](O)[C@H](O)[C@H]6O)[C@@H](O)[C@H](O)[C@]5(C)[C@H]4CC[C@]3(C)[C@H]2[C@@H]1C)CO[C@@H]1O[C@H](CO)[C@@H](O)[C@H](O)[C@H]1O. The third kappa shape index (κ3) is 8.63. The Labute approximate surface area is 384 Å². The van der Waals surface area contributed by atoms with Gasteiger partial charge in [0.05, 0.1) is 44.7 Å². The van der Waals surface area contributed by atoms with Gasteiger partial charge in [-0.2, -0.15) is 0 Å². The molecule has 14 N–H and O–H groups in total. The van der Waals surface area contributed by atoms with Gasteiger partial charge in [0.2, 0.25) is 0 Å². The Morgan fingerprint density at radius 1 is 0.636 bits per heavy atom. The van der Waals surface area contributed by atoms with E-state index in [9.17, 15) is 71.5 Å². The summed E-state index contributed by atoms with van der Waals surface area (Å²) in [5, 5.41) is 149. The minimum Gasteiger partial charge on any atom is -0.394 e. The molecule has 0 bridgehead atoms. The van der Waals surface area contributed by atoms with E-state index in [1.165, 1.54) is 0 Å².